The highest BCUT2D eigenvalue weighted by Crippen LogP contribution is 2.49. The fraction of sp³-hybridized carbons (Fsp3) is 0.714. The lowest BCUT2D eigenvalue weighted by Gasteiger charge is -2.17. The Morgan fingerprint density at radius 2 is 1.94 bits per heavy atom. The molecule has 4 nitrogen and oxygen atoms in total. The highest BCUT2D eigenvalue weighted by atomic mass is 16.5. The smallest absolute Gasteiger partial charge is 0.221 e. The van der Waals surface area contributed by atoms with Crippen molar-refractivity contribution < 1.29 is 4.74 Å². The van der Waals surface area contributed by atoms with Gasteiger partial charge in [-0.2, -0.15) is 0 Å². The first kappa shape index (κ1) is 11.8. The fourth-order valence-electron chi connectivity index (χ4n) is 2.80. The molecule has 0 saturated heterocycles. The normalized spacial score (nSPS) is 19.1. The highest BCUT2D eigenvalue weighted by molar-refractivity contribution is 5.47. The second-order valence-corrected chi connectivity index (χ2v) is 5.58. The molecule has 0 atom stereocenters. The summed E-state index contributed by atoms with van der Waals surface area (Å²) >= 11 is 0. The molecule has 1 aromatic heterocycles. The molecule has 3 rings (SSSR count). The van der Waals surface area contributed by atoms with Gasteiger partial charge in [-0.3, -0.25) is 0 Å². The van der Waals surface area contributed by atoms with Gasteiger partial charge in [-0.15, -0.1) is 0 Å². The molecular weight excluding hydrogens is 226 g/mol. The van der Waals surface area contributed by atoms with Crippen LogP contribution < -0.4 is 10.1 Å². The molecule has 0 radical (unpaired) electrons. The minimum atomic E-state index is 0.668. The zero-order chi connectivity index (χ0) is 12.5. The number of hydrogen-bond donors (Lipinski definition) is 1. The Balaban J connectivity index is 1.65. The molecule has 1 heterocycles. The van der Waals surface area contributed by atoms with E-state index in [9.17, 15) is 0 Å². The first-order valence-corrected chi connectivity index (χ1v) is 6.89. The molecule has 2 aliphatic carbocycles. The highest BCUT2D eigenvalue weighted by Gasteiger charge is 2.41. The first-order chi connectivity index (χ1) is 8.79. The van der Waals surface area contributed by atoms with E-state index in [-0.39, 0.29) is 0 Å². The van der Waals surface area contributed by atoms with Crippen molar-refractivity contribution in [2.75, 3.05) is 19.0 Å². The number of rotatable bonds is 6. The fourth-order valence-corrected chi connectivity index (χ4v) is 2.80. The summed E-state index contributed by atoms with van der Waals surface area (Å²) in [6.07, 6.45) is 7.27. The summed E-state index contributed by atoms with van der Waals surface area (Å²) in [6.45, 7) is 3.06. The van der Waals surface area contributed by atoms with Gasteiger partial charge < -0.3 is 10.1 Å². The van der Waals surface area contributed by atoms with Crippen molar-refractivity contribution in [2.24, 2.45) is 17.8 Å². The molecule has 0 spiro atoms. The Kier molecular flexibility index (Phi) is 3.10. The third-order valence-corrected chi connectivity index (χ3v) is 4.19. The van der Waals surface area contributed by atoms with E-state index in [0.29, 0.717) is 5.88 Å². The van der Waals surface area contributed by atoms with Crippen LogP contribution in [0.1, 0.15) is 31.2 Å². The molecule has 0 aliphatic heterocycles. The van der Waals surface area contributed by atoms with E-state index < -0.39 is 0 Å². The SMILES string of the molecule is COc1ncnc(NCC(C2CC2)C2CC2)c1C. The molecule has 0 amide bonds. The van der Waals surface area contributed by atoms with Gasteiger partial charge in [-0.05, 0) is 50.4 Å². The van der Waals surface area contributed by atoms with Crippen molar-refractivity contribution in [1.82, 2.24) is 9.97 Å². The monoisotopic (exact) mass is 247 g/mol. The molecular formula is C14H21N3O. The van der Waals surface area contributed by atoms with Gasteiger partial charge in [-0.1, -0.05) is 0 Å². The Labute approximate surface area is 108 Å². The average Bonchev–Trinajstić information content (AvgIpc) is 3.25. The van der Waals surface area contributed by atoms with Crippen molar-refractivity contribution in [3.8, 4) is 5.88 Å². The Bertz CT molecular complexity index is 415. The van der Waals surface area contributed by atoms with Gasteiger partial charge in [0.25, 0.3) is 0 Å². The Hall–Kier alpha value is -1.32. The van der Waals surface area contributed by atoms with E-state index >= 15 is 0 Å². The summed E-state index contributed by atoms with van der Waals surface area (Å²) in [7, 11) is 1.65. The summed E-state index contributed by atoms with van der Waals surface area (Å²) in [5.74, 6) is 4.38. The number of ether oxygens (including phenoxy) is 1. The van der Waals surface area contributed by atoms with E-state index in [1.54, 1.807) is 13.4 Å². The molecule has 0 bridgehead atoms. The van der Waals surface area contributed by atoms with Crippen molar-refractivity contribution in [2.45, 2.75) is 32.6 Å². The van der Waals surface area contributed by atoms with Gasteiger partial charge in [0.15, 0.2) is 0 Å². The van der Waals surface area contributed by atoms with Crippen LogP contribution in [0, 0.1) is 24.7 Å². The minimum absolute atomic E-state index is 0.668. The molecule has 0 aromatic carbocycles. The zero-order valence-electron chi connectivity index (χ0n) is 11.1. The van der Waals surface area contributed by atoms with E-state index in [0.717, 1.165) is 35.7 Å². The van der Waals surface area contributed by atoms with Crippen LogP contribution in [0.2, 0.25) is 0 Å². The summed E-state index contributed by atoms with van der Waals surface area (Å²) in [4.78, 5) is 8.42. The van der Waals surface area contributed by atoms with Gasteiger partial charge in [0.05, 0.1) is 12.7 Å². The number of anilines is 1. The van der Waals surface area contributed by atoms with Gasteiger partial charge in [0, 0.05) is 6.54 Å². The number of aromatic nitrogens is 2. The predicted octanol–water partition coefficient (Wildman–Crippen LogP) is 2.64. The lowest BCUT2D eigenvalue weighted by molar-refractivity contribution is 0.393. The third-order valence-electron chi connectivity index (χ3n) is 4.19. The molecule has 2 aliphatic rings. The van der Waals surface area contributed by atoms with Crippen LogP contribution in [0.3, 0.4) is 0 Å². The second kappa shape index (κ2) is 4.75. The lowest BCUT2D eigenvalue weighted by atomic mass is 9.98. The van der Waals surface area contributed by atoms with Gasteiger partial charge in [0.2, 0.25) is 5.88 Å². The van der Waals surface area contributed by atoms with Crippen LogP contribution in [-0.2, 0) is 0 Å². The maximum absolute atomic E-state index is 5.22. The third kappa shape index (κ3) is 2.42. The molecule has 18 heavy (non-hydrogen) atoms. The van der Waals surface area contributed by atoms with Crippen molar-refractivity contribution in [3.05, 3.63) is 11.9 Å². The second-order valence-electron chi connectivity index (χ2n) is 5.58. The molecule has 2 fully saturated rings. The first-order valence-electron chi connectivity index (χ1n) is 6.89. The summed E-state index contributed by atoms with van der Waals surface area (Å²) in [6, 6.07) is 0. The summed E-state index contributed by atoms with van der Waals surface area (Å²) in [5.41, 5.74) is 1.00. The molecule has 1 aromatic rings. The van der Waals surface area contributed by atoms with E-state index in [1.165, 1.54) is 25.7 Å². The van der Waals surface area contributed by atoms with Gasteiger partial charge >= 0.3 is 0 Å². The Morgan fingerprint density at radius 3 is 2.50 bits per heavy atom. The molecule has 4 heteroatoms. The van der Waals surface area contributed by atoms with E-state index in [1.807, 2.05) is 6.92 Å². The Morgan fingerprint density at radius 1 is 1.28 bits per heavy atom. The van der Waals surface area contributed by atoms with E-state index in [2.05, 4.69) is 15.3 Å². The predicted molar refractivity (Wildman–Crippen MR) is 70.7 cm³/mol. The number of methoxy groups -OCH3 is 1. The molecule has 1 N–H and O–H groups in total. The molecule has 2 saturated carbocycles. The molecule has 0 unspecified atom stereocenters. The summed E-state index contributed by atoms with van der Waals surface area (Å²) in [5, 5.41) is 3.50. The van der Waals surface area contributed by atoms with E-state index in [4.69, 9.17) is 4.74 Å². The van der Waals surface area contributed by atoms with Crippen molar-refractivity contribution in [3.63, 3.8) is 0 Å². The topological polar surface area (TPSA) is 47.0 Å². The van der Waals surface area contributed by atoms with Crippen LogP contribution in [-0.4, -0.2) is 23.6 Å². The molecule has 98 valence electrons. The minimum Gasteiger partial charge on any atom is -0.481 e. The van der Waals surface area contributed by atoms with Crippen molar-refractivity contribution in [1.29, 1.82) is 0 Å². The maximum atomic E-state index is 5.22. The van der Waals surface area contributed by atoms with Crippen LogP contribution >= 0.6 is 0 Å². The number of nitrogens with one attached hydrogen (secondary N) is 1. The van der Waals surface area contributed by atoms with Crippen LogP contribution in [0.25, 0.3) is 0 Å². The quantitative estimate of drug-likeness (QED) is 0.839. The lowest BCUT2D eigenvalue weighted by Crippen LogP contribution is -2.19. The largest absolute Gasteiger partial charge is 0.481 e. The van der Waals surface area contributed by atoms with Crippen molar-refractivity contribution >= 4 is 5.82 Å². The van der Waals surface area contributed by atoms with Gasteiger partial charge in [-0.25, -0.2) is 9.97 Å². The number of hydrogen-bond acceptors (Lipinski definition) is 4. The van der Waals surface area contributed by atoms with Gasteiger partial charge in [0.1, 0.15) is 12.1 Å². The standard InChI is InChI=1S/C14H21N3O/c1-9-13(16-8-17-14(9)18-2)15-7-12(10-3-4-10)11-5-6-11/h8,10-12H,3-7H2,1-2H3,(H,15,16,17). The average molecular weight is 247 g/mol. The van der Waals surface area contributed by atoms with Crippen LogP contribution in [0.5, 0.6) is 5.88 Å². The van der Waals surface area contributed by atoms with Crippen LogP contribution in [0.4, 0.5) is 5.82 Å². The summed E-state index contributed by atoms with van der Waals surface area (Å²) < 4.78 is 5.22. The van der Waals surface area contributed by atoms with Crippen LogP contribution in [0.15, 0.2) is 6.33 Å². The maximum Gasteiger partial charge on any atom is 0.221 e. The number of nitrogens with zero attached hydrogens (tertiary/aromatic N) is 2. The zero-order valence-corrected chi connectivity index (χ0v) is 11.1.